The van der Waals surface area contributed by atoms with Crippen LogP contribution in [0.4, 0.5) is 18.9 Å². The fraction of sp³-hybridized carbons (Fsp3) is 0.153. The monoisotopic (exact) mass is 1030 g/mol. The van der Waals surface area contributed by atoms with E-state index in [1.54, 1.807) is 12.1 Å². The molecule has 0 atom stereocenters. The van der Waals surface area contributed by atoms with Crippen molar-refractivity contribution in [3.63, 3.8) is 0 Å². The second-order valence-electron chi connectivity index (χ2n) is 19.0. The summed E-state index contributed by atoms with van der Waals surface area (Å²) in [6.45, 7) is 23.2. The van der Waals surface area contributed by atoms with E-state index in [1.165, 1.54) is 6.07 Å². The zero-order chi connectivity index (χ0) is 54.5. The van der Waals surface area contributed by atoms with Crippen LogP contribution in [0.3, 0.4) is 0 Å². The van der Waals surface area contributed by atoms with Crippen LogP contribution in [0, 0.1) is 73.3 Å². The highest BCUT2D eigenvalue weighted by Crippen LogP contribution is 2.46. The van der Waals surface area contributed by atoms with Crippen molar-refractivity contribution in [2.45, 2.75) is 61.6 Å². The van der Waals surface area contributed by atoms with Crippen LogP contribution in [0.5, 0.6) is 0 Å². The highest BCUT2D eigenvalue weighted by molar-refractivity contribution is 6.14. The van der Waals surface area contributed by atoms with Crippen molar-refractivity contribution in [1.82, 2.24) is 68.9 Å². The number of halogens is 3. The van der Waals surface area contributed by atoms with Gasteiger partial charge in [0.2, 0.25) is 0 Å². The first-order valence-corrected chi connectivity index (χ1v) is 24.5. The molecule has 0 spiro atoms. The van der Waals surface area contributed by atoms with Crippen molar-refractivity contribution in [1.29, 1.82) is 5.26 Å². The molecule has 0 radical (unpaired) electrons. The largest absolute Gasteiger partial charge is 0.416 e. The fourth-order valence-electron chi connectivity index (χ4n) is 10.4. The van der Waals surface area contributed by atoms with Gasteiger partial charge in [-0.1, -0.05) is 6.07 Å². The molecule has 0 N–H and O–H groups in total. The minimum absolute atomic E-state index is 0.0898. The Hall–Kier alpha value is -10.3. The Morgan fingerprint density at radius 1 is 0.410 bits per heavy atom. The van der Waals surface area contributed by atoms with Gasteiger partial charge >= 0.3 is 6.18 Å². The number of aryl methyl sites for hydroxylation is 8. The Morgan fingerprint density at radius 3 is 1.03 bits per heavy atom. The van der Waals surface area contributed by atoms with Crippen molar-refractivity contribution in [3.05, 3.63) is 172 Å². The van der Waals surface area contributed by atoms with Gasteiger partial charge < -0.3 is 9.13 Å². The molecule has 0 fully saturated rings. The highest BCUT2D eigenvalue weighted by atomic mass is 19.4. The molecule has 0 saturated carbocycles. The van der Waals surface area contributed by atoms with E-state index in [4.69, 9.17) is 46.4 Å². The smallest absolute Gasteiger partial charge is 0.308 e. The van der Waals surface area contributed by atoms with Gasteiger partial charge in [0.15, 0.2) is 29.0 Å². The van der Waals surface area contributed by atoms with E-state index >= 15 is 0 Å². The van der Waals surface area contributed by atoms with Crippen molar-refractivity contribution in [3.8, 4) is 74.1 Å². The van der Waals surface area contributed by atoms with Crippen LogP contribution in [-0.2, 0) is 6.18 Å². The summed E-state index contributed by atoms with van der Waals surface area (Å²) in [5, 5.41) is 13.7. The Bertz CT molecular complexity index is 4340. The molecule has 0 bridgehead atoms. The first-order chi connectivity index (χ1) is 37.4. The predicted molar refractivity (Wildman–Crippen MR) is 290 cm³/mol. The second-order valence-corrected chi connectivity index (χ2v) is 19.0. The second kappa shape index (κ2) is 18.2. The number of benzene rings is 6. The molecule has 0 aliphatic rings. The van der Waals surface area contributed by atoms with Gasteiger partial charge in [-0.05, 0) is 164 Å². The van der Waals surface area contributed by atoms with Gasteiger partial charge in [-0.15, -0.1) is 0 Å². The Labute approximate surface area is 443 Å². The van der Waals surface area contributed by atoms with Gasteiger partial charge in [-0.2, -0.15) is 18.4 Å². The van der Waals surface area contributed by atoms with E-state index in [1.807, 2.05) is 134 Å². The quantitative estimate of drug-likeness (QED) is 0.137. The lowest BCUT2D eigenvalue weighted by atomic mass is 9.95. The van der Waals surface area contributed by atoms with Crippen LogP contribution in [0.15, 0.2) is 103 Å². The highest BCUT2D eigenvalue weighted by Gasteiger charge is 2.32. The number of aromatic nitrogens is 14. The number of fused-ring (bicyclic) bond motifs is 6. The van der Waals surface area contributed by atoms with Crippen LogP contribution < -0.4 is 0 Å². The standard InChI is InChI=1S/C59H41F3N16/c1-28-65-29(2)70-55(69-28)36-10-16-49-44(21-36)45-22-37(56-71-30(3)66-31(4)72-56)11-17-50(45)77(49)53-25-43(42-15-14-41(59(60,61)62)20-40(42)27-63)48(64-9)26-54(53)78-51-18-12-38(57-73-32(5)67-33(6)74-57)23-46(51)47-24-39(13-19-52(47)78)58-75-34(7)68-35(8)76-58/h10-26H,1-8H3. The van der Waals surface area contributed by atoms with Gasteiger partial charge in [0.1, 0.15) is 46.6 Å². The van der Waals surface area contributed by atoms with Gasteiger partial charge in [0.05, 0.1) is 57.2 Å². The third-order valence-corrected chi connectivity index (χ3v) is 13.5. The first kappa shape index (κ1) is 48.7. The van der Waals surface area contributed by atoms with Crippen LogP contribution in [0.2, 0.25) is 0 Å². The summed E-state index contributed by atoms with van der Waals surface area (Å²) in [6.07, 6.45) is -4.72. The van der Waals surface area contributed by atoms with Crippen LogP contribution >= 0.6 is 0 Å². The van der Waals surface area contributed by atoms with Crippen LogP contribution in [-0.4, -0.2) is 68.9 Å². The molecule has 6 aromatic heterocycles. The molecule has 78 heavy (non-hydrogen) atoms. The summed E-state index contributed by atoms with van der Waals surface area (Å²) in [6, 6.07) is 32.3. The third kappa shape index (κ3) is 8.43. The Kier molecular flexibility index (Phi) is 11.4. The fourth-order valence-corrected chi connectivity index (χ4v) is 10.4. The third-order valence-electron chi connectivity index (χ3n) is 13.5. The summed E-state index contributed by atoms with van der Waals surface area (Å²) in [7, 11) is 0. The van der Waals surface area contributed by atoms with Crippen molar-refractivity contribution < 1.29 is 13.2 Å². The minimum atomic E-state index is -4.72. The molecule has 378 valence electrons. The van der Waals surface area contributed by atoms with Crippen molar-refractivity contribution in [2.75, 3.05) is 0 Å². The molecule has 16 nitrogen and oxygen atoms in total. The molecule has 0 aliphatic heterocycles. The van der Waals surface area contributed by atoms with Gasteiger partial charge in [0.25, 0.3) is 0 Å². The molecule has 12 rings (SSSR count). The maximum atomic E-state index is 14.3. The molecule has 0 amide bonds. The molecule has 0 unspecified atom stereocenters. The van der Waals surface area contributed by atoms with Gasteiger partial charge in [-0.3, -0.25) is 0 Å². The SMILES string of the molecule is [C-]#[N+]c1cc(-n2c3ccc(-c4nc(C)nc(C)n4)cc3c3cc(-c4nc(C)nc(C)n4)ccc32)c(-n2c3ccc(-c4nc(C)nc(C)n4)cc3c3cc(-c4nc(C)nc(C)n4)ccc32)cc1-c1ccc(C(F)(F)F)cc1C#N. The van der Waals surface area contributed by atoms with Crippen molar-refractivity contribution >= 4 is 49.3 Å². The maximum Gasteiger partial charge on any atom is 0.416 e. The van der Waals surface area contributed by atoms with Gasteiger partial charge in [-0.25, -0.2) is 64.7 Å². The average molecular weight is 1030 g/mol. The summed E-state index contributed by atoms with van der Waals surface area (Å²) in [5.74, 6) is 6.42. The first-order valence-electron chi connectivity index (χ1n) is 24.5. The van der Waals surface area contributed by atoms with E-state index in [0.29, 0.717) is 81.3 Å². The number of hydrogen-bond donors (Lipinski definition) is 0. The minimum Gasteiger partial charge on any atom is -0.308 e. The molecule has 19 heteroatoms. The number of hydrogen-bond acceptors (Lipinski definition) is 13. The number of nitriles is 1. The summed E-state index contributed by atoms with van der Waals surface area (Å²) >= 11 is 0. The number of alkyl halides is 3. The van der Waals surface area contributed by atoms with E-state index in [9.17, 15) is 18.4 Å². The molecule has 0 saturated heterocycles. The van der Waals surface area contributed by atoms with E-state index < -0.39 is 11.7 Å². The molecule has 6 heterocycles. The predicted octanol–water partition coefficient (Wildman–Crippen LogP) is 12.9. The lowest BCUT2D eigenvalue weighted by molar-refractivity contribution is -0.137. The van der Waals surface area contributed by atoms with Crippen LogP contribution in [0.25, 0.3) is 117 Å². The molecule has 6 aromatic carbocycles. The zero-order valence-electron chi connectivity index (χ0n) is 43.1. The molecule has 12 aromatic rings. The van der Waals surface area contributed by atoms with Crippen LogP contribution in [0.1, 0.15) is 57.7 Å². The normalized spacial score (nSPS) is 11.8. The van der Waals surface area contributed by atoms with Gasteiger partial charge in [0, 0.05) is 43.8 Å². The average Bonchev–Trinajstić information content (AvgIpc) is 4.05. The summed E-state index contributed by atoms with van der Waals surface area (Å²) in [5.41, 5.74) is 6.14. The topological polar surface area (TPSA) is 193 Å². The summed E-state index contributed by atoms with van der Waals surface area (Å²) in [4.78, 5) is 59.4. The lowest BCUT2D eigenvalue weighted by Crippen LogP contribution is -2.06. The molecular weight excluding hydrogens is 990 g/mol. The Morgan fingerprint density at radius 2 is 0.731 bits per heavy atom. The lowest BCUT2D eigenvalue weighted by Gasteiger charge is -2.20. The summed E-state index contributed by atoms with van der Waals surface area (Å²) < 4.78 is 46.9. The van der Waals surface area contributed by atoms with E-state index in [2.05, 4.69) is 33.9 Å². The van der Waals surface area contributed by atoms with Crippen molar-refractivity contribution in [2.24, 2.45) is 0 Å². The molecular formula is C59H41F3N16. The van der Waals surface area contributed by atoms with E-state index in [0.717, 1.165) is 78.0 Å². The van der Waals surface area contributed by atoms with E-state index in [-0.39, 0.29) is 22.4 Å². The number of rotatable bonds is 7. The molecule has 0 aliphatic carbocycles. The zero-order valence-corrected chi connectivity index (χ0v) is 43.1. The maximum absolute atomic E-state index is 14.3. The Balaban J connectivity index is 1.22. The number of nitrogens with zero attached hydrogens (tertiary/aromatic N) is 16.